The van der Waals surface area contributed by atoms with Gasteiger partial charge in [0.2, 0.25) is 11.8 Å². The minimum absolute atomic E-state index is 0.0948. The smallest absolute Gasteiger partial charge is 0.408 e. The SMILES string of the molecule is C#CC.C=CC=C(C)C.CC.CC.CC.CC(C)(C)OC(=O)NCC(=O)N1C[C@@H](O)C[C@H]1C(=O)NC1CC1. The number of aliphatic hydroxyl groups excluding tert-OH is 1. The standard InChI is InChI=1S/C15H25N3O5.C6H10.C3H4.3C2H6/c1-15(2,3)23-14(22)16-7-12(20)18-8-10(19)6-11(18)13(21)17-9-4-5-9;1-4-5-6(2)3;1-3-2;3*1-2/h9-11,19H,4-8H2,1-3H3,(H,16,22)(H,17,21);4-5H,1H2,2-3H3;1H,2H3;3*1-2H3/t10-,11-;;;;;/m0...../s1. The fourth-order valence-corrected chi connectivity index (χ4v) is 2.66. The normalized spacial score (nSPS) is 16.5. The molecule has 0 aromatic carbocycles. The van der Waals surface area contributed by atoms with E-state index in [4.69, 9.17) is 4.74 Å². The molecular formula is C30H57N3O5. The maximum atomic E-state index is 12.2. The molecule has 2 rings (SSSR count). The van der Waals surface area contributed by atoms with Crippen molar-refractivity contribution in [3.05, 3.63) is 24.3 Å². The molecule has 2 atom stereocenters. The topological polar surface area (TPSA) is 108 Å². The van der Waals surface area contributed by atoms with Gasteiger partial charge in [0, 0.05) is 19.0 Å². The van der Waals surface area contributed by atoms with Gasteiger partial charge in [-0.25, -0.2) is 4.79 Å². The third-order valence-electron chi connectivity index (χ3n) is 4.06. The number of likely N-dealkylation sites (tertiary alicyclic amines) is 1. The molecule has 0 aromatic rings. The number of nitrogens with one attached hydrogen (secondary N) is 2. The fourth-order valence-electron chi connectivity index (χ4n) is 2.66. The summed E-state index contributed by atoms with van der Waals surface area (Å²) in [6.07, 6.45) is 9.07. The molecule has 1 saturated heterocycles. The van der Waals surface area contributed by atoms with Gasteiger partial charge in [0.15, 0.2) is 0 Å². The number of amides is 3. The molecule has 8 nitrogen and oxygen atoms in total. The van der Waals surface area contributed by atoms with Crippen molar-refractivity contribution in [1.82, 2.24) is 15.5 Å². The summed E-state index contributed by atoms with van der Waals surface area (Å²) in [5.41, 5.74) is 0.647. The highest BCUT2D eigenvalue weighted by Gasteiger charge is 2.40. The lowest BCUT2D eigenvalue weighted by atomic mass is 10.2. The largest absolute Gasteiger partial charge is 0.444 e. The number of carbonyl (C=O) groups is 3. The van der Waals surface area contributed by atoms with E-state index < -0.39 is 29.7 Å². The molecule has 2 aliphatic rings. The van der Waals surface area contributed by atoms with Crippen LogP contribution in [0, 0.1) is 12.3 Å². The zero-order valence-corrected chi connectivity index (χ0v) is 26.2. The van der Waals surface area contributed by atoms with Crippen LogP contribution in [0.25, 0.3) is 0 Å². The van der Waals surface area contributed by atoms with Crippen molar-refractivity contribution >= 4 is 17.9 Å². The van der Waals surface area contributed by atoms with E-state index in [1.807, 2.05) is 61.5 Å². The van der Waals surface area contributed by atoms with Crippen molar-refractivity contribution in [2.45, 2.75) is 126 Å². The molecule has 38 heavy (non-hydrogen) atoms. The van der Waals surface area contributed by atoms with Crippen LogP contribution in [0.4, 0.5) is 4.79 Å². The number of β-amino-alcohol motifs (C(OH)–C–C–N with tert-alkyl or cyclic N) is 1. The Morgan fingerprint density at radius 3 is 1.92 bits per heavy atom. The zero-order chi connectivity index (χ0) is 30.9. The van der Waals surface area contributed by atoms with E-state index in [0.29, 0.717) is 0 Å². The van der Waals surface area contributed by atoms with Crippen LogP contribution in [0.3, 0.4) is 0 Å². The second-order valence-corrected chi connectivity index (χ2v) is 8.86. The molecular weight excluding hydrogens is 482 g/mol. The average Bonchev–Trinajstić information content (AvgIpc) is 3.58. The average molecular weight is 540 g/mol. The molecule has 3 amide bonds. The van der Waals surface area contributed by atoms with Crippen LogP contribution in [0.2, 0.25) is 0 Å². The molecule has 0 radical (unpaired) electrons. The number of terminal acetylenes is 1. The van der Waals surface area contributed by atoms with Gasteiger partial charge >= 0.3 is 6.09 Å². The monoisotopic (exact) mass is 539 g/mol. The number of carbonyl (C=O) groups excluding carboxylic acids is 3. The summed E-state index contributed by atoms with van der Waals surface area (Å²) in [6.45, 7) is 26.3. The van der Waals surface area contributed by atoms with Crippen molar-refractivity contribution < 1.29 is 24.2 Å². The lowest BCUT2D eigenvalue weighted by molar-refractivity contribution is -0.137. The van der Waals surface area contributed by atoms with Gasteiger partial charge in [-0.1, -0.05) is 65.8 Å². The van der Waals surface area contributed by atoms with Crippen molar-refractivity contribution in [3.8, 4) is 12.3 Å². The van der Waals surface area contributed by atoms with E-state index in [2.05, 4.69) is 29.6 Å². The highest BCUT2D eigenvalue weighted by molar-refractivity contribution is 5.90. The van der Waals surface area contributed by atoms with Gasteiger partial charge in [0.1, 0.15) is 18.2 Å². The van der Waals surface area contributed by atoms with Crippen molar-refractivity contribution in [2.24, 2.45) is 0 Å². The molecule has 0 bridgehead atoms. The molecule has 1 saturated carbocycles. The summed E-state index contributed by atoms with van der Waals surface area (Å²) in [5.74, 6) is 1.60. The zero-order valence-electron chi connectivity index (χ0n) is 26.2. The van der Waals surface area contributed by atoms with Crippen molar-refractivity contribution in [2.75, 3.05) is 13.1 Å². The number of ether oxygens (including phenoxy) is 1. The molecule has 1 aliphatic heterocycles. The molecule has 3 N–H and O–H groups in total. The van der Waals surface area contributed by atoms with Gasteiger partial charge in [-0.3, -0.25) is 9.59 Å². The molecule has 1 aliphatic carbocycles. The number of rotatable bonds is 5. The fraction of sp³-hybridized carbons (Fsp3) is 0.700. The molecule has 0 spiro atoms. The second-order valence-electron chi connectivity index (χ2n) is 8.86. The highest BCUT2D eigenvalue weighted by atomic mass is 16.6. The van der Waals surface area contributed by atoms with Crippen molar-refractivity contribution in [3.63, 3.8) is 0 Å². The molecule has 2 fully saturated rings. The lowest BCUT2D eigenvalue weighted by Crippen LogP contribution is -2.49. The Morgan fingerprint density at radius 2 is 1.58 bits per heavy atom. The van der Waals surface area contributed by atoms with E-state index in [9.17, 15) is 19.5 Å². The summed E-state index contributed by atoms with van der Waals surface area (Å²) < 4.78 is 5.06. The van der Waals surface area contributed by atoms with Gasteiger partial charge in [-0.2, -0.15) is 0 Å². The van der Waals surface area contributed by atoms with E-state index >= 15 is 0 Å². The first-order valence-electron chi connectivity index (χ1n) is 13.7. The number of alkyl carbamates (subject to hydrolysis) is 1. The van der Waals surface area contributed by atoms with Crippen LogP contribution in [0.1, 0.15) is 102 Å². The van der Waals surface area contributed by atoms with Crippen LogP contribution < -0.4 is 10.6 Å². The van der Waals surface area contributed by atoms with Gasteiger partial charge in [0.05, 0.1) is 6.10 Å². The summed E-state index contributed by atoms with van der Waals surface area (Å²) in [4.78, 5) is 37.3. The minimum Gasteiger partial charge on any atom is -0.444 e. The Balaban J connectivity index is -0.000000322. The van der Waals surface area contributed by atoms with E-state index in [1.165, 1.54) is 10.5 Å². The third kappa shape index (κ3) is 24.9. The van der Waals surface area contributed by atoms with Crippen molar-refractivity contribution in [1.29, 1.82) is 0 Å². The Labute approximate surface area is 233 Å². The van der Waals surface area contributed by atoms with Gasteiger partial charge in [-0.15, -0.1) is 12.3 Å². The first-order chi connectivity index (χ1) is 17.8. The number of hydrogen-bond donors (Lipinski definition) is 3. The van der Waals surface area contributed by atoms with E-state index in [1.54, 1.807) is 33.8 Å². The first-order valence-corrected chi connectivity index (χ1v) is 13.7. The third-order valence-corrected chi connectivity index (χ3v) is 4.06. The predicted octanol–water partition coefficient (Wildman–Crippen LogP) is 5.61. The molecule has 0 unspecified atom stereocenters. The van der Waals surface area contributed by atoms with Gasteiger partial charge in [0.25, 0.3) is 0 Å². The molecule has 222 valence electrons. The van der Waals surface area contributed by atoms with Crippen LogP contribution in [0.5, 0.6) is 0 Å². The lowest BCUT2D eigenvalue weighted by Gasteiger charge is -2.24. The van der Waals surface area contributed by atoms with Crippen LogP contribution in [0.15, 0.2) is 24.3 Å². The number of nitrogens with zero attached hydrogens (tertiary/aromatic N) is 1. The molecule has 0 aromatic heterocycles. The van der Waals surface area contributed by atoms with Crippen LogP contribution >= 0.6 is 0 Å². The summed E-state index contributed by atoms with van der Waals surface area (Å²) >= 11 is 0. The summed E-state index contributed by atoms with van der Waals surface area (Å²) in [7, 11) is 0. The predicted molar refractivity (Wildman–Crippen MR) is 160 cm³/mol. The summed E-state index contributed by atoms with van der Waals surface area (Å²) in [6, 6.07) is -0.490. The Hall–Kier alpha value is -2.79. The highest BCUT2D eigenvalue weighted by Crippen LogP contribution is 2.22. The number of hydrogen-bond acceptors (Lipinski definition) is 5. The molecule has 1 heterocycles. The second kappa shape index (κ2) is 25.8. The Morgan fingerprint density at radius 1 is 1.11 bits per heavy atom. The minimum atomic E-state index is -0.726. The van der Waals surface area contributed by atoms with Gasteiger partial charge < -0.3 is 25.4 Å². The quantitative estimate of drug-likeness (QED) is 0.311. The van der Waals surface area contributed by atoms with Crippen LogP contribution in [-0.2, 0) is 14.3 Å². The summed E-state index contributed by atoms with van der Waals surface area (Å²) in [5, 5.41) is 15.0. The Kier molecular flexibility index (Phi) is 28.8. The first kappa shape index (κ1) is 42.3. The maximum absolute atomic E-state index is 12.2. The number of aliphatic hydroxyl groups is 1. The van der Waals surface area contributed by atoms with E-state index in [0.717, 1.165) is 12.8 Å². The van der Waals surface area contributed by atoms with E-state index in [-0.39, 0.29) is 31.5 Å². The molecule has 8 heteroatoms. The number of allylic oxidation sites excluding steroid dienone is 3. The van der Waals surface area contributed by atoms with Crippen LogP contribution in [-0.4, -0.2) is 64.8 Å². The maximum Gasteiger partial charge on any atom is 0.408 e. The Bertz CT molecular complexity index is 712. The van der Waals surface area contributed by atoms with Gasteiger partial charge in [-0.05, 0) is 54.4 Å².